The van der Waals surface area contributed by atoms with Gasteiger partial charge in [-0.2, -0.15) is 0 Å². The second-order valence-electron chi connectivity index (χ2n) is 5.41. The zero-order valence-electron chi connectivity index (χ0n) is 13.2. The van der Waals surface area contributed by atoms with Crippen molar-refractivity contribution in [1.29, 1.82) is 0 Å². The van der Waals surface area contributed by atoms with Gasteiger partial charge in [-0.15, -0.1) is 0 Å². The Hall–Kier alpha value is -1.08. The van der Waals surface area contributed by atoms with Crippen LogP contribution in [0.5, 0.6) is 0 Å². The van der Waals surface area contributed by atoms with Gasteiger partial charge in [-0.1, -0.05) is 62.2 Å². The fraction of sp³-hybridized carbons (Fsp3) is 0.579. The van der Waals surface area contributed by atoms with Crippen LogP contribution >= 0.6 is 0 Å². The first-order valence-corrected chi connectivity index (χ1v) is 8.16. The van der Waals surface area contributed by atoms with Gasteiger partial charge in [0, 0.05) is 13.2 Å². The average molecular weight is 274 g/mol. The SMILES string of the molecule is CCCCC(CCCC=Cc1ccccc1)COCC. The van der Waals surface area contributed by atoms with Crippen LogP contribution in [0.1, 0.15) is 57.9 Å². The monoisotopic (exact) mass is 274 g/mol. The van der Waals surface area contributed by atoms with E-state index in [9.17, 15) is 0 Å². The first kappa shape index (κ1) is 17.0. The lowest BCUT2D eigenvalue weighted by Gasteiger charge is -2.15. The third-order valence-electron chi connectivity index (χ3n) is 3.62. The van der Waals surface area contributed by atoms with Gasteiger partial charge in [-0.3, -0.25) is 0 Å². The number of hydrogen-bond donors (Lipinski definition) is 0. The summed E-state index contributed by atoms with van der Waals surface area (Å²) in [5, 5.41) is 0. The van der Waals surface area contributed by atoms with Crippen LogP contribution in [0.3, 0.4) is 0 Å². The molecule has 0 saturated heterocycles. The lowest BCUT2D eigenvalue weighted by atomic mass is 9.96. The van der Waals surface area contributed by atoms with E-state index in [0.29, 0.717) is 0 Å². The molecule has 0 aromatic heterocycles. The number of hydrogen-bond acceptors (Lipinski definition) is 1. The summed E-state index contributed by atoms with van der Waals surface area (Å²) in [6, 6.07) is 10.5. The van der Waals surface area contributed by atoms with Gasteiger partial charge >= 0.3 is 0 Å². The number of benzene rings is 1. The van der Waals surface area contributed by atoms with Crippen LogP contribution in [-0.2, 0) is 4.74 Å². The molecule has 0 bridgehead atoms. The summed E-state index contributed by atoms with van der Waals surface area (Å²) in [5.74, 6) is 0.750. The number of allylic oxidation sites excluding steroid dienone is 1. The second-order valence-corrected chi connectivity index (χ2v) is 5.41. The molecule has 0 fully saturated rings. The largest absolute Gasteiger partial charge is 0.381 e. The number of rotatable bonds is 11. The third-order valence-corrected chi connectivity index (χ3v) is 3.62. The summed E-state index contributed by atoms with van der Waals surface area (Å²) < 4.78 is 5.60. The van der Waals surface area contributed by atoms with Crippen molar-refractivity contribution < 1.29 is 4.74 Å². The molecule has 1 rings (SSSR count). The summed E-state index contributed by atoms with van der Waals surface area (Å²) >= 11 is 0. The zero-order valence-corrected chi connectivity index (χ0v) is 13.2. The Balaban J connectivity index is 2.20. The van der Waals surface area contributed by atoms with Crippen molar-refractivity contribution in [2.24, 2.45) is 5.92 Å². The third kappa shape index (κ3) is 8.16. The fourth-order valence-electron chi connectivity index (χ4n) is 2.40. The van der Waals surface area contributed by atoms with Gasteiger partial charge in [-0.05, 0) is 44.1 Å². The zero-order chi connectivity index (χ0) is 14.5. The van der Waals surface area contributed by atoms with Gasteiger partial charge in [0.05, 0.1) is 0 Å². The van der Waals surface area contributed by atoms with Gasteiger partial charge in [0.1, 0.15) is 0 Å². The Morgan fingerprint density at radius 3 is 2.50 bits per heavy atom. The molecule has 1 unspecified atom stereocenters. The van der Waals surface area contributed by atoms with Crippen LogP contribution in [0.25, 0.3) is 6.08 Å². The van der Waals surface area contributed by atoms with E-state index in [1.807, 2.05) is 0 Å². The smallest absolute Gasteiger partial charge is 0.0494 e. The Kier molecular flexibility index (Phi) is 9.95. The quantitative estimate of drug-likeness (QED) is 0.469. The van der Waals surface area contributed by atoms with Crippen molar-refractivity contribution in [2.75, 3.05) is 13.2 Å². The Morgan fingerprint density at radius 2 is 1.80 bits per heavy atom. The van der Waals surface area contributed by atoms with Crippen molar-refractivity contribution in [3.8, 4) is 0 Å². The first-order chi connectivity index (χ1) is 9.86. The first-order valence-electron chi connectivity index (χ1n) is 8.16. The molecule has 0 aliphatic rings. The second kappa shape index (κ2) is 11.7. The topological polar surface area (TPSA) is 9.23 Å². The minimum atomic E-state index is 0.750. The maximum atomic E-state index is 5.60. The van der Waals surface area contributed by atoms with Crippen molar-refractivity contribution in [2.45, 2.75) is 52.4 Å². The Bertz CT molecular complexity index is 334. The van der Waals surface area contributed by atoms with Crippen LogP contribution in [0, 0.1) is 5.92 Å². The van der Waals surface area contributed by atoms with Crippen molar-refractivity contribution in [3.63, 3.8) is 0 Å². The van der Waals surface area contributed by atoms with Crippen molar-refractivity contribution >= 4 is 6.08 Å². The molecular weight excluding hydrogens is 244 g/mol. The summed E-state index contributed by atoms with van der Waals surface area (Å²) in [4.78, 5) is 0. The summed E-state index contributed by atoms with van der Waals surface area (Å²) in [5.41, 5.74) is 1.30. The molecule has 112 valence electrons. The molecule has 1 aromatic rings. The molecular formula is C19H30O. The highest BCUT2D eigenvalue weighted by Gasteiger charge is 2.07. The predicted molar refractivity (Wildman–Crippen MR) is 88.8 cm³/mol. The van der Waals surface area contributed by atoms with E-state index in [4.69, 9.17) is 4.74 Å². The molecule has 1 heteroatoms. The molecule has 0 saturated carbocycles. The molecule has 0 heterocycles. The van der Waals surface area contributed by atoms with E-state index in [2.05, 4.69) is 56.3 Å². The standard InChI is InChI=1S/C19H30O/c1-3-5-12-19(17-20-4-2)16-11-7-10-15-18-13-8-6-9-14-18/h6,8-10,13-15,19H,3-5,7,11-12,16-17H2,1-2H3. The van der Waals surface area contributed by atoms with E-state index >= 15 is 0 Å². The molecule has 0 aliphatic carbocycles. The molecule has 1 aromatic carbocycles. The lowest BCUT2D eigenvalue weighted by Crippen LogP contribution is -2.09. The molecule has 20 heavy (non-hydrogen) atoms. The molecule has 0 amide bonds. The van der Waals surface area contributed by atoms with Gasteiger partial charge in [0.25, 0.3) is 0 Å². The van der Waals surface area contributed by atoms with E-state index in [1.165, 1.54) is 44.1 Å². The average Bonchev–Trinajstić information content (AvgIpc) is 2.50. The number of unbranched alkanes of at least 4 members (excludes halogenated alkanes) is 2. The van der Waals surface area contributed by atoms with Crippen LogP contribution < -0.4 is 0 Å². The minimum Gasteiger partial charge on any atom is -0.381 e. The van der Waals surface area contributed by atoms with Crippen molar-refractivity contribution in [3.05, 3.63) is 42.0 Å². The molecule has 1 nitrogen and oxygen atoms in total. The molecule has 0 spiro atoms. The van der Waals surface area contributed by atoms with Gasteiger partial charge < -0.3 is 4.74 Å². The molecule has 0 N–H and O–H groups in total. The minimum absolute atomic E-state index is 0.750. The Labute approximate surface area is 125 Å². The Morgan fingerprint density at radius 1 is 1.05 bits per heavy atom. The van der Waals surface area contributed by atoms with Crippen LogP contribution in [0.15, 0.2) is 36.4 Å². The highest BCUT2D eigenvalue weighted by Crippen LogP contribution is 2.17. The highest BCUT2D eigenvalue weighted by molar-refractivity contribution is 5.48. The fourth-order valence-corrected chi connectivity index (χ4v) is 2.40. The summed E-state index contributed by atoms with van der Waals surface area (Å²) in [6.45, 7) is 6.13. The van der Waals surface area contributed by atoms with Gasteiger partial charge in [-0.25, -0.2) is 0 Å². The number of ether oxygens (including phenoxy) is 1. The van der Waals surface area contributed by atoms with Crippen molar-refractivity contribution in [1.82, 2.24) is 0 Å². The van der Waals surface area contributed by atoms with Crippen LogP contribution in [-0.4, -0.2) is 13.2 Å². The van der Waals surface area contributed by atoms with Crippen LogP contribution in [0.2, 0.25) is 0 Å². The van der Waals surface area contributed by atoms with E-state index in [1.54, 1.807) is 0 Å². The molecule has 1 atom stereocenters. The van der Waals surface area contributed by atoms with Crippen LogP contribution in [0.4, 0.5) is 0 Å². The van der Waals surface area contributed by atoms with E-state index in [-0.39, 0.29) is 0 Å². The maximum Gasteiger partial charge on any atom is 0.0494 e. The molecule has 0 aliphatic heterocycles. The van der Waals surface area contributed by atoms with Gasteiger partial charge in [0.2, 0.25) is 0 Å². The van der Waals surface area contributed by atoms with Gasteiger partial charge in [0.15, 0.2) is 0 Å². The lowest BCUT2D eigenvalue weighted by molar-refractivity contribution is 0.102. The normalized spacial score (nSPS) is 12.9. The van der Waals surface area contributed by atoms with E-state index in [0.717, 1.165) is 19.1 Å². The van der Waals surface area contributed by atoms with E-state index < -0.39 is 0 Å². The predicted octanol–water partition coefficient (Wildman–Crippen LogP) is 5.71. The summed E-state index contributed by atoms with van der Waals surface area (Å²) in [6.07, 6.45) is 12.2. The maximum absolute atomic E-state index is 5.60. The summed E-state index contributed by atoms with van der Waals surface area (Å²) in [7, 11) is 0. The highest BCUT2D eigenvalue weighted by atomic mass is 16.5. The molecule has 0 radical (unpaired) electrons.